The van der Waals surface area contributed by atoms with Gasteiger partial charge in [0.1, 0.15) is 0 Å². The molecule has 6 nitrogen and oxygen atoms in total. The van der Waals surface area contributed by atoms with Crippen molar-refractivity contribution >= 4 is 33.0 Å². The van der Waals surface area contributed by atoms with Crippen molar-refractivity contribution in [1.29, 1.82) is 0 Å². The summed E-state index contributed by atoms with van der Waals surface area (Å²) >= 11 is 3.46. The quantitative estimate of drug-likeness (QED) is 0.252. The fraction of sp³-hybridized carbons (Fsp3) is 0.192. The second kappa shape index (κ2) is 10.1. The van der Waals surface area contributed by atoms with Crippen molar-refractivity contribution in [3.63, 3.8) is 0 Å². The van der Waals surface area contributed by atoms with Gasteiger partial charge in [-0.05, 0) is 71.7 Å². The zero-order valence-electron chi connectivity index (χ0n) is 19.5. The van der Waals surface area contributed by atoms with Crippen LogP contribution in [0.1, 0.15) is 25.0 Å². The average Bonchev–Trinajstić information content (AvgIpc) is 2.84. The topological polar surface area (TPSA) is 65.7 Å². The second-order valence-electron chi connectivity index (χ2n) is 8.09. The molecule has 1 aromatic heterocycles. The van der Waals surface area contributed by atoms with E-state index < -0.39 is 17.3 Å². The largest absolute Gasteiger partial charge is 0.493 e. The summed E-state index contributed by atoms with van der Waals surface area (Å²) in [6, 6.07) is 14.6. The normalized spacial score (nSPS) is 12.0. The van der Waals surface area contributed by atoms with E-state index in [0.29, 0.717) is 27.1 Å². The number of hydrogen-bond donors (Lipinski definition) is 0. The van der Waals surface area contributed by atoms with Gasteiger partial charge in [0.15, 0.2) is 17.3 Å². The smallest absolute Gasteiger partial charge is 0.416 e. The Morgan fingerprint density at radius 3 is 2.53 bits per heavy atom. The van der Waals surface area contributed by atoms with Gasteiger partial charge >= 0.3 is 6.18 Å². The molecular formula is C26H21BrF3N3O3. The van der Waals surface area contributed by atoms with Crippen molar-refractivity contribution < 1.29 is 22.6 Å². The Kier molecular flexibility index (Phi) is 7.16. The Bertz CT molecular complexity index is 1510. The number of para-hydroxylation sites is 1. The number of ether oxygens (including phenoxy) is 2. The molecule has 1 heterocycles. The molecule has 0 N–H and O–H groups in total. The molecule has 0 spiro atoms. The van der Waals surface area contributed by atoms with Gasteiger partial charge in [0.25, 0.3) is 5.56 Å². The molecule has 0 saturated heterocycles. The van der Waals surface area contributed by atoms with Gasteiger partial charge in [0.05, 0.1) is 40.4 Å². The molecule has 0 amide bonds. The van der Waals surface area contributed by atoms with Gasteiger partial charge in [-0.25, -0.2) is 4.98 Å². The Hall–Kier alpha value is -3.66. The SMILES string of the molecule is COc1cc(C=Nn2c(-c3cccc(C(F)(F)F)c3)nc3ccccc3c2=O)cc(Br)c1OC(C)C. The van der Waals surface area contributed by atoms with Gasteiger partial charge in [-0.2, -0.15) is 22.9 Å². The molecule has 0 saturated carbocycles. The minimum absolute atomic E-state index is 0.0214. The van der Waals surface area contributed by atoms with Gasteiger partial charge in [0, 0.05) is 5.56 Å². The van der Waals surface area contributed by atoms with Crippen molar-refractivity contribution in [2.75, 3.05) is 7.11 Å². The molecule has 0 aliphatic carbocycles. The van der Waals surface area contributed by atoms with Crippen molar-refractivity contribution in [1.82, 2.24) is 9.66 Å². The summed E-state index contributed by atoms with van der Waals surface area (Å²) in [4.78, 5) is 17.8. The monoisotopic (exact) mass is 559 g/mol. The molecule has 0 fully saturated rings. The Balaban J connectivity index is 1.88. The summed E-state index contributed by atoms with van der Waals surface area (Å²) in [6.45, 7) is 3.77. The Morgan fingerprint density at radius 1 is 1.08 bits per heavy atom. The highest BCUT2D eigenvalue weighted by atomic mass is 79.9. The summed E-state index contributed by atoms with van der Waals surface area (Å²) in [7, 11) is 1.50. The first-order chi connectivity index (χ1) is 17.1. The van der Waals surface area contributed by atoms with Crippen LogP contribution in [0, 0.1) is 0 Å². The number of methoxy groups -OCH3 is 1. The van der Waals surface area contributed by atoms with Gasteiger partial charge in [0.2, 0.25) is 0 Å². The first-order valence-corrected chi connectivity index (χ1v) is 11.7. The van der Waals surface area contributed by atoms with Crippen LogP contribution in [0.25, 0.3) is 22.3 Å². The third kappa shape index (κ3) is 5.28. The molecule has 186 valence electrons. The molecule has 0 atom stereocenters. The Labute approximate surface area is 213 Å². The van der Waals surface area contributed by atoms with Gasteiger partial charge in [-0.15, -0.1) is 0 Å². The Morgan fingerprint density at radius 2 is 1.83 bits per heavy atom. The average molecular weight is 560 g/mol. The number of halogens is 4. The van der Waals surface area contributed by atoms with Crippen LogP contribution in [0.3, 0.4) is 0 Å². The zero-order chi connectivity index (χ0) is 26.0. The summed E-state index contributed by atoms with van der Waals surface area (Å²) < 4.78 is 52.9. The van der Waals surface area contributed by atoms with Crippen molar-refractivity contribution in [2.24, 2.45) is 5.10 Å². The van der Waals surface area contributed by atoms with E-state index in [1.165, 1.54) is 25.5 Å². The molecule has 3 aromatic carbocycles. The van der Waals surface area contributed by atoms with Crippen LogP contribution in [0.15, 0.2) is 75.0 Å². The predicted molar refractivity (Wildman–Crippen MR) is 136 cm³/mol. The van der Waals surface area contributed by atoms with Crippen LogP contribution in [-0.2, 0) is 6.18 Å². The molecule has 0 bridgehead atoms. The van der Waals surface area contributed by atoms with Gasteiger partial charge in [-0.3, -0.25) is 4.79 Å². The molecule has 10 heteroatoms. The third-order valence-electron chi connectivity index (χ3n) is 5.13. The predicted octanol–water partition coefficient (Wildman–Crippen LogP) is 6.52. The number of alkyl halides is 3. The van der Waals surface area contributed by atoms with Crippen LogP contribution in [0.4, 0.5) is 13.2 Å². The van der Waals surface area contributed by atoms with E-state index in [2.05, 4.69) is 26.0 Å². The number of benzene rings is 3. The minimum atomic E-state index is -4.55. The lowest BCUT2D eigenvalue weighted by atomic mass is 10.1. The summed E-state index contributed by atoms with van der Waals surface area (Å²) in [5.41, 5.74) is -0.363. The minimum Gasteiger partial charge on any atom is -0.493 e. The van der Waals surface area contributed by atoms with E-state index in [4.69, 9.17) is 9.47 Å². The van der Waals surface area contributed by atoms with Gasteiger partial charge in [-0.1, -0.05) is 24.3 Å². The van der Waals surface area contributed by atoms with Crippen molar-refractivity contribution in [2.45, 2.75) is 26.1 Å². The number of nitrogens with zero attached hydrogens (tertiary/aromatic N) is 3. The van der Waals surface area contributed by atoms with E-state index in [-0.39, 0.29) is 22.9 Å². The van der Waals surface area contributed by atoms with Crippen molar-refractivity contribution in [3.05, 3.63) is 86.6 Å². The van der Waals surface area contributed by atoms with Gasteiger partial charge < -0.3 is 9.47 Å². The van der Waals surface area contributed by atoms with Crippen LogP contribution in [0.5, 0.6) is 11.5 Å². The maximum Gasteiger partial charge on any atom is 0.416 e. The fourth-order valence-electron chi connectivity index (χ4n) is 3.54. The van der Waals surface area contributed by atoms with Crippen molar-refractivity contribution in [3.8, 4) is 22.9 Å². The molecule has 0 radical (unpaired) electrons. The van der Waals surface area contributed by atoms with E-state index in [0.717, 1.165) is 16.8 Å². The van der Waals surface area contributed by atoms with E-state index in [1.807, 2.05) is 13.8 Å². The second-order valence-corrected chi connectivity index (χ2v) is 8.95. The highest BCUT2D eigenvalue weighted by Crippen LogP contribution is 2.37. The standard InChI is InChI=1S/C26H21BrF3N3O3/c1-15(2)36-23-20(27)11-16(12-22(23)35-3)14-31-33-24(17-7-6-8-18(13-17)26(28,29)30)32-21-10-5-4-9-19(21)25(33)34/h4-15H,1-3H3. The molecular weight excluding hydrogens is 539 g/mol. The molecule has 4 aromatic rings. The maximum absolute atomic E-state index is 13.4. The van der Waals surface area contributed by atoms with E-state index in [1.54, 1.807) is 36.4 Å². The summed E-state index contributed by atoms with van der Waals surface area (Å²) in [5.74, 6) is 0.937. The summed E-state index contributed by atoms with van der Waals surface area (Å²) in [5, 5.41) is 4.60. The summed E-state index contributed by atoms with van der Waals surface area (Å²) in [6.07, 6.45) is -3.24. The molecule has 0 aliphatic rings. The van der Waals surface area contributed by atoms with Crippen LogP contribution < -0.4 is 15.0 Å². The fourth-order valence-corrected chi connectivity index (χ4v) is 4.09. The third-order valence-corrected chi connectivity index (χ3v) is 5.72. The lowest BCUT2D eigenvalue weighted by Gasteiger charge is -2.16. The molecule has 0 aliphatic heterocycles. The lowest BCUT2D eigenvalue weighted by molar-refractivity contribution is -0.137. The molecule has 0 unspecified atom stereocenters. The zero-order valence-corrected chi connectivity index (χ0v) is 21.1. The molecule has 4 rings (SSSR count). The maximum atomic E-state index is 13.4. The number of fused-ring (bicyclic) bond motifs is 1. The highest BCUT2D eigenvalue weighted by Gasteiger charge is 2.31. The van der Waals surface area contributed by atoms with E-state index in [9.17, 15) is 18.0 Å². The number of hydrogen-bond acceptors (Lipinski definition) is 5. The lowest BCUT2D eigenvalue weighted by Crippen LogP contribution is -2.20. The first kappa shape index (κ1) is 25.4. The van der Waals surface area contributed by atoms with Crippen LogP contribution >= 0.6 is 15.9 Å². The highest BCUT2D eigenvalue weighted by molar-refractivity contribution is 9.10. The number of aromatic nitrogens is 2. The first-order valence-electron chi connectivity index (χ1n) is 10.9. The van der Waals surface area contributed by atoms with E-state index >= 15 is 0 Å². The molecule has 36 heavy (non-hydrogen) atoms. The van der Waals surface area contributed by atoms with Crippen LogP contribution in [-0.4, -0.2) is 29.1 Å². The van der Waals surface area contributed by atoms with Crippen LogP contribution in [0.2, 0.25) is 0 Å². The number of rotatable bonds is 6.